The molecule has 0 spiro atoms. The number of aliphatic hydroxyl groups excluding tert-OH is 1. The van der Waals surface area contributed by atoms with Crippen molar-refractivity contribution in [1.29, 1.82) is 0 Å². The van der Waals surface area contributed by atoms with Crippen LogP contribution in [0.5, 0.6) is 0 Å². The van der Waals surface area contributed by atoms with Gasteiger partial charge in [-0.25, -0.2) is 15.0 Å². The zero-order valence-electron chi connectivity index (χ0n) is 25.5. The molecule has 0 saturated carbocycles. The summed E-state index contributed by atoms with van der Waals surface area (Å²) in [5, 5.41) is 30.8. The zero-order chi connectivity index (χ0) is 32.0. The maximum atomic E-state index is 12.8. The molecule has 0 aromatic carbocycles. The quantitative estimate of drug-likeness (QED) is 0.362. The molecule has 8 bridgehead atoms. The molecule has 0 amide bonds. The van der Waals surface area contributed by atoms with E-state index in [1.54, 1.807) is 25.2 Å². The number of H-pyrrole nitrogens is 1. The number of aliphatic hydroxyl groups is 1. The number of aliphatic imine (C=N–C) groups is 3. The van der Waals surface area contributed by atoms with Crippen molar-refractivity contribution in [1.82, 2.24) is 4.98 Å². The van der Waals surface area contributed by atoms with Gasteiger partial charge < -0.3 is 20.3 Å². The van der Waals surface area contributed by atoms with E-state index in [1.165, 1.54) is 6.92 Å². The lowest BCUT2D eigenvalue weighted by atomic mass is 9.96. The number of ketones is 1. The number of hydrogen-bond donors (Lipinski definition) is 4. The largest absolute Gasteiger partial charge is 0.512 e. The van der Waals surface area contributed by atoms with Crippen molar-refractivity contribution in [3.8, 4) is 0 Å². The van der Waals surface area contributed by atoms with Gasteiger partial charge in [-0.1, -0.05) is 0 Å². The van der Waals surface area contributed by atoms with E-state index in [1.807, 2.05) is 33.8 Å². The smallest absolute Gasteiger partial charge is 0.303 e. The number of aromatic amines is 1. The fraction of sp³-hybridized carbons (Fsp3) is 0.294. The van der Waals surface area contributed by atoms with Crippen molar-refractivity contribution in [2.24, 2.45) is 15.0 Å². The molecule has 44 heavy (non-hydrogen) atoms. The van der Waals surface area contributed by atoms with Crippen LogP contribution in [0.2, 0.25) is 0 Å². The highest BCUT2D eigenvalue weighted by Gasteiger charge is 2.28. The normalized spacial score (nSPS) is 18.4. The van der Waals surface area contributed by atoms with Gasteiger partial charge in [-0.2, -0.15) is 0 Å². The van der Waals surface area contributed by atoms with E-state index in [2.05, 4.69) is 4.98 Å². The summed E-state index contributed by atoms with van der Waals surface area (Å²) in [6.07, 6.45) is 7.49. The lowest BCUT2D eigenvalue weighted by Gasteiger charge is -2.07. The first-order valence-corrected chi connectivity index (χ1v) is 14.3. The molecule has 4 aliphatic rings. The molecule has 0 radical (unpaired) electrons. The zero-order valence-corrected chi connectivity index (χ0v) is 25.5. The molecule has 1 aromatic heterocycles. The van der Waals surface area contributed by atoms with Gasteiger partial charge in [0.25, 0.3) is 0 Å². The van der Waals surface area contributed by atoms with Crippen molar-refractivity contribution in [3.63, 3.8) is 0 Å². The summed E-state index contributed by atoms with van der Waals surface area (Å²) in [6.45, 7) is 10.6. The summed E-state index contributed by atoms with van der Waals surface area (Å²) in [5.74, 6) is -1.91. The number of aromatic nitrogens is 1. The molecule has 10 nitrogen and oxygen atoms in total. The van der Waals surface area contributed by atoms with Gasteiger partial charge in [0, 0.05) is 29.3 Å². The Balaban J connectivity index is 1.86. The minimum absolute atomic E-state index is 0.0940. The predicted octanol–water partition coefficient (Wildman–Crippen LogP) is 4.54. The third-order valence-corrected chi connectivity index (χ3v) is 8.35. The summed E-state index contributed by atoms with van der Waals surface area (Å²) >= 11 is 0. The van der Waals surface area contributed by atoms with Gasteiger partial charge in [0.1, 0.15) is 0 Å². The molecule has 4 N–H and O–H groups in total. The molecule has 0 fully saturated rings. The average Bonchev–Trinajstić information content (AvgIpc) is 3.59. The highest BCUT2D eigenvalue weighted by Crippen LogP contribution is 2.36. The van der Waals surface area contributed by atoms with Crippen molar-refractivity contribution in [3.05, 3.63) is 84.5 Å². The number of carboxylic acids is 2. The number of carbonyl (C=O) groups is 3. The summed E-state index contributed by atoms with van der Waals surface area (Å²) in [5.41, 5.74) is 9.03. The van der Waals surface area contributed by atoms with Crippen LogP contribution in [0.25, 0.3) is 17.9 Å². The van der Waals surface area contributed by atoms with E-state index >= 15 is 0 Å². The Morgan fingerprint density at radius 1 is 0.682 bits per heavy atom. The van der Waals surface area contributed by atoms with Crippen molar-refractivity contribution < 1.29 is 29.7 Å². The molecule has 4 aliphatic heterocycles. The van der Waals surface area contributed by atoms with Crippen LogP contribution >= 0.6 is 0 Å². The van der Waals surface area contributed by atoms with Gasteiger partial charge in [0.2, 0.25) is 0 Å². The second kappa shape index (κ2) is 11.5. The Morgan fingerprint density at radius 3 is 1.86 bits per heavy atom. The average molecular weight is 595 g/mol. The Hall–Kier alpha value is -5.12. The fourth-order valence-electron chi connectivity index (χ4n) is 6.04. The molecule has 0 aliphatic carbocycles. The number of carbonyl (C=O) groups excluding carboxylic acids is 1. The molecule has 10 heteroatoms. The lowest BCUT2D eigenvalue weighted by Crippen LogP contribution is -2.27. The SMILES string of the molecule is CC(=O)C1=C(C)C2=NC1=Cc1[nH]c(/c(=C(\C)O)c1C)=CC1=NC(=CC3=NC(=C2)C(C)=C3CCC(=O)O)C(CCC(=O)O)=C1C. The van der Waals surface area contributed by atoms with Crippen LogP contribution in [-0.4, -0.2) is 55.2 Å². The second-order valence-electron chi connectivity index (χ2n) is 11.3. The highest BCUT2D eigenvalue weighted by atomic mass is 16.4. The van der Waals surface area contributed by atoms with E-state index in [-0.39, 0.29) is 37.2 Å². The van der Waals surface area contributed by atoms with Crippen molar-refractivity contribution >= 4 is 52.8 Å². The number of rotatable bonds is 7. The summed E-state index contributed by atoms with van der Waals surface area (Å²) in [6, 6.07) is 0. The standard InChI is InChI=1S/C34H34N4O6/c1-15-21(7-9-31(41)42)27-14-28-22(8-10-32(43)44)16(2)24(36-28)12-29-34(20(6)40)18(4)26(38-29)13-30-33(19(5)39)17(3)25(37-30)11-23(15)35-27/h11-14,38,40H,7-10H2,1-6H3,(H,41,42)(H,43,44)/b23-11?,28-14?,29-12?,30-13?,34-20+. The van der Waals surface area contributed by atoms with Gasteiger partial charge in [0.15, 0.2) is 5.78 Å². The van der Waals surface area contributed by atoms with Crippen LogP contribution in [0.4, 0.5) is 0 Å². The first-order chi connectivity index (χ1) is 20.8. The molecule has 226 valence electrons. The third kappa shape index (κ3) is 5.50. The summed E-state index contributed by atoms with van der Waals surface area (Å²) in [4.78, 5) is 53.9. The third-order valence-electron chi connectivity index (χ3n) is 8.35. The number of fused-ring (bicyclic) bond motifs is 5. The first-order valence-electron chi connectivity index (χ1n) is 14.3. The van der Waals surface area contributed by atoms with Gasteiger partial charge >= 0.3 is 11.9 Å². The van der Waals surface area contributed by atoms with Crippen molar-refractivity contribution in [2.75, 3.05) is 0 Å². The molecule has 1 aromatic rings. The van der Waals surface area contributed by atoms with E-state index in [9.17, 15) is 29.7 Å². The minimum Gasteiger partial charge on any atom is -0.512 e. The number of aliphatic carboxylic acids is 2. The highest BCUT2D eigenvalue weighted by molar-refractivity contribution is 6.24. The number of nitrogens with one attached hydrogen (secondary N) is 1. The van der Waals surface area contributed by atoms with Crippen LogP contribution in [0.3, 0.4) is 0 Å². The minimum atomic E-state index is -0.936. The van der Waals surface area contributed by atoms with Gasteiger partial charge in [-0.15, -0.1) is 0 Å². The van der Waals surface area contributed by atoms with Crippen LogP contribution in [-0.2, 0) is 14.4 Å². The molecule has 0 unspecified atom stereocenters. The van der Waals surface area contributed by atoms with Crippen molar-refractivity contribution in [2.45, 2.75) is 67.2 Å². The number of Topliss-reactive ketones (excluding diaryl/α,β-unsaturated/α-hetero) is 1. The maximum absolute atomic E-state index is 12.8. The molecule has 5 rings (SSSR count). The predicted molar refractivity (Wildman–Crippen MR) is 170 cm³/mol. The maximum Gasteiger partial charge on any atom is 0.303 e. The Morgan fingerprint density at radius 2 is 1.25 bits per heavy atom. The fourth-order valence-corrected chi connectivity index (χ4v) is 6.04. The van der Waals surface area contributed by atoms with E-state index < -0.39 is 11.9 Å². The van der Waals surface area contributed by atoms with Gasteiger partial charge in [-0.05, 0) is 112 Å². The Labute approximate surface area is 254 Å². The molecule has 0 saturated heterocycles. The Bertz CT molecular complexity index is 1980. The number of hydrogen-bond acceptors (Lipinski definition) is 7. The van der Waals surface area contributed by atoms with Gasteiger partial charge in [0.05, 0.1) is 45.3 Å². The Kier molecular flexibility index (Phi) is 7.94. The van der Waals surface area contributed by atoms with Crippen LogP contribution in [0.15, 0.2) is 77.7 Å². The van der Waals surface area contributed by atoms with E-state index in [0.717, 1.165) is 27.9 Å². The number of nitrogens with zero attached hydrogens (tertiary/aromatic N) is 3. The molecule has 5 heterocycles. The molecular formula is C34H34N4O6. The van der Waals surface area contributed by atoms with E-state index in [0.29, 0.717) is 61.6 Å². The first kappa shape index (κ1) is 30.3. The summed E-state index contributed by atoms with van der Waals surface area (Å²) < 4.78 is 0. The topological polar surface area (TPSA) is 165 Å². The van der Waals surface area contributed by atoms with E-state index in [4.69, 9.17) is 15.0 Å². The lowest BCUT2D eigenvalue weighted by molar-refractivity contribution is -0.137. The molecule has 0 atom stereocenters. The van der Waals surface area contributed by atoms with Crippen LogP contribution < -0.4 is 10.6 Å². The second-order valence-corrected chi connectivity index (χ2v) is 11.3. The number of carboxylic acid groups (broad SMARTS) is 2. The number of allylic oxidation sites excluding steroid dienone is 8. The van der Waals surface area contributed by atoms with Crippen LogP contribution in [0, 0.1) is 6.92 Å². The van der Waals surface area contributed by atoms with Gasteiger partial charge in [-0.3, -0.25) is 14.4 Å². The van der Waals surface area contributed by atoms with Crippen LogP contribution in [0.1, 0.15) is 71.6 Å². The summed E-state index contributed by atoms with van der Waals surface area (Å²) in [7, 11) is 0. The molecular weight excluding hydrogens is 560 g/mol. The monoisotopic (exact) mass is 594 g/mol.